The van der Waals surface area contributed by atoms with Gasteiger partial charge in [0.15, 0.2) is 6.10 Å². The molecule has 0 aliphatic carbocycles. The number of carbonyl (C=O) groups is 1. The molecule has 0 saturated carbocycles. The number of benzene rings is 1. The van der Waals surface area contributed by atoms with Gasteiger partial charge in [-0.05, 0) is 29.5 Å². The average molecular weight is 322 g/mol. The number of hydrogen-bond donors (Lipinski definition) is 2. The number of aryl methyl sites for hydroxylation is 1. The predicted octanol–water partition coefficient (Wildman–Crippen LogP) is 2.87. The van der Waals surface area contributed by atoms with Crippen molar-refractivity contribution in [3.05, 3.63) is 34.9 Å². The minimum Gasteiger partial charge on any atom is -0.479 e. The van der Waals surface area contributed by atoms with Gasteiger partial charge in [0.2, 0.25) is 0 Å². The standard InChI is InChI=1S/C12H14BrClO3/c13-5-1-2-8-3-4-9(6-10(8)7-14)11(15)12(16)17/h3-4,6,11,15H,1-2,5,7H2,(H,16,17). The van der Waals surface area contributed by atoms with Crippen molar-refractivity contribution in [2.45, 2.75) is 24.8 Å². The maximum atomic E-state index is 10.7. The lowest BCUT2D eigenvalue weighted by atomic mass is 9.99. The molecule has 0 amide bonds. The lowest BCUT2D eigenvalue weighted by molar-refractivity contribution is -0.146. The highest BCUT2D eigenvalue weighted by Crippen LogP contribution is 2.21. The van der Waals surface area contributed by atoms with Crippen LogP contribution in [-0.4, -0.2) is 21.5 Å². The van der Waals surface area contributed by atoms with Crippen molar-refractivity contribution in [1.82, 2.24) is 0 Å². The molecular weight excluding hydrogens is 307 g/mol. The summed E-state index contributed by atoms with van der Waals surface area (Å²) < 4.78 is 0. The Balaban J connectivity index is 2.95. The molecule has 0 spiro atoms. The number of aliphatic carboxylic acids is 1. The highest BCUT2D eigenvalue weighted by molar-refractivity contribution is 9.09. The fourth-order valence-corrected chi connectivity index (χ4v) is 2.11. The quantitative estimate of drug-likeness (QED) is 0.792. The molecule has 0 aliphatic rings. The van der Waals surface area contributed by atoms with Gasteiger partial charge in [-0.25, -0.2) is 4.79 Å². The second kappa shape index (κ2) is 6.99. The Bertz CT molecular complexity index is 395. The summed E-state index contributed by atoms with van der Waals surface area (Å²) in [6, 6.07) is 5.13. The molecule has 94 valence electrons. The summed E-state index contributed by atoms with van der Waals surface area (Å²) in [6.45, 7) is 0. The predicted molar refractivity (Wildman–Crippen MR) is 70.7 cm³/mol. The van der Waals surface area contributed by atoms with E-state index in [1.807, 2.05) is 6.07 Å². The molecule has 0 heterocycles. The maximum absolute atomic E-state index is 10.7. The number of aliphatic hydroxyl groups excluding tert-OH is 1. The first-order valence-corrected chi connectivity index (χ1v) is 6.90. The van der Waals surface area contributed by atoms with E-state index in [-0.39, 0.29) is 0 Å². The second-order valence-corrected chi connectivity index (χ2v) is 4.76. The Labute approximate surface area is 114 Å². The van der Waals surface area contributed by atoms with Gasteiger partial charge in [-0.3, -0.25) is 0 Å². The lowest BCUT2D eigenvalue weighted by Crippen LogP contribution is -2.11. The van der Waals surface area contributed by atoms with E-state index in [0.29, 0.717) is 11.4 Å². The minimum atomic E-state index is -1.48. The number of aliphatic hydroxyl groups is 1. The summed E-state index contributed by atoms with van der Waals surface area (Å²) in [5.74, 6) is -0.934. The monoisotopic (exact) mass is 320 g/mol. The molecule has 0 aliphatic heterocycles. The van der Waals surface area contributed by atoms with E-state index in [1.165, 1.54) is 0 Å². The smallest absolute Gasteiger partial charge is 0.337 e. The normalized spacial score (nSPS) is 12.4. The molecule has 17 heavy (non-hydrogen) atoms. The Hall–Kier alpha value is -0.580. The highest BCUT2D eigenvalue weighted by atomic mass is 79.9. The number of halogens is 2. The van der Waals surface area contributed by atoms with E-state index in [9.17, 15) is 9.90 Å². The third kappa shape index (κ3) is 3.98. The van der Waals surface area contributed by atoms with Gasteiger partial charge in [-0.15, -0.1) is 11.6 Å². The van der Waals surface area contributed by atoms with Crippen molar-refractivity contribution in [2.24, 2.45) is 0 Å². The van der Waals surface area contributed by atoms with Crippen molar-refractivity contribution in [3.63, 3.8) is 0 Å². The third-order valence-electron chi connectivity index (χ3n) is 2.50. The SMILES string of the molecule is O=C(O)C(O)c1ccc(CCCBr)c(CCl)c1. The van der Waals surface area contributed by atoms with Crippen LogP contribution in [-0.2, 0) is 17.1 Å². The zero-order valence-corrected chi connectivity index (χ0v) is 11.5. The summed E-state index contributed by atoms with van der Waals surface area (Å²) in [5.41, 5.74) is 2.35. The molecule has 0 fully saturated rings. The Morgan fingerprint density at radius 3 is 2.65 bits per heavy atom. The molecule has 1 unspecified atom stereocenters. The average Bonchev–Trinajstić information content (AvgIpc) is 2.35. The van der Waals surface area contributed by atoms with Crippen LogP contribution in [0.1, 0.15) is 29.2 Å². The van der Waals surface area contributed by atoms with Crippen LogP contribution in [0.5, 0.6) is 0 Å². The van der Waals surface area contributed by atoms with Crippen LogP contribution in [0.4, 0.5) is 0 Å². The molecule has 1 aromatic rings. The van der Waals surface area contributed by atoms with Crippen molar-refractivity contribution < 1.29 is 15.0 Å². The first-order valence-electron chi connectivity index (χ1n) is 5.24. The molecular formula is C12H14BrClO3. The summed E-state index contributed by atoms with van der Waals surface area (Å²) in [7, 11) is 0. The van der Waals surface area contributed by atoms with Crippen molar-refractivity contribution >= 4 is 33.5 Å². The van der Waals surface area contributed by atoms with Crippen molar-refractivity contribution in [3.8, 4) is 0 Å². The van der Waals surface area contributed by atoms with Gasteiger partial charge in [0.05, 0.1) is 0 Å². The third-order valence-corrected chi connectivity index (χ3v) is 3.35. The number of hydrogen-bond acceptors (Lipinski definition) is 2. The number of carboxylic acids is 1. The van der Waals surface area contributed by atoms with E-state index in [2.05, 4.69) is 15.9 Å². The summed E-state index contributed by atoms with van der Waals surface area (Å²) >= 11 is 9.19. The molecule has 0 radical (unpaired) electrons. The van der Waals surface area contributed by atoms with Gasteiger partial charge < -0.3 is 10.2 Å². The van der Waals surface area contributed by atoms with E-state index in [1.54, 1.807) is 12.1 Å². The molecule has 1 rings (SSSR count). The van der Waals surface area contributed by atoms with Crippen LogP contribution in [0, 0.1) is 0 Å². The van der Waals surface area contributed by atoms with Gasteiger partial charge in [-0.1, -0.05) is 34.1 Å². The largest absolute Gasteiger partial charge is 0.479 e. The van der Waals surface area contributed by atoms with E-state index >= 15 is 0 Å². The highest BCUT2D eigenvalue weighted by Gasteiger charge is 2.16. The van der Waals surface area contributed by atoms with Crippen LogP contribution in [0.2, 0.25) is 0 Å². The summed E-state index contributed by atoms with van der Waals surface area (Å²) in [6.07, 6.45) is 0.392. The van der Waals surface area contributed by atoms with Crippen LogP contribution >= 0.6 is 27.5 Å². The zero-order chi connectivity index (χ0) is 12.8. The first-order chi connectivity index (χ1) is 8.10. The Morgan fingerprint density at radius 2 is 2.12 bits per heavy atom. The summed E-state index contributed by atoms with van der Waals surface area (Å²) in [5, 5.41) is 19.1. The number of alkyl halides is 2. The molecule has 1 atom stereocenters. The minimum absolute atomic E-state index is 0.317. The van der Waals surface area contributed by atoms with Crippen LogP contribution in [0.3, 0.4) is 0 Å². The van der Waals surface area contributed by atoms with E-state index < -0.39 is 12.1 Å². The topological polar surface area (TPSA) is 57.5 Å². The number of rotatable bonds is 6. The summed E-state index contributed by atoms with van der Waals surface area (Å²) in [4.78, 5) is 10.7. The molecule has 1 aromatic carbocycles. The van der Waals surface area contributed by atoms with Crippen molar-refractivity contribution in [2.75, 3.05) is 5.33 Å². The van der Waals surface area contributed by atoms with Crippen molar-refractivity contribution in [1.29, 1.82) is 0 Å². The van der Waals surface area contributed by atoms with E-state index in [0.717, 1.165) is 29.3 Å². The molecule has 0 saturated heterocycles. The molecule has 0 bridgehead atoms. The van der Waals surface area contributed by atoms with Gasteiger partial charge in [0, 0.05) is 11.2 Å². The molecule has 0 aromatic heterocycles. The number of carboxylic acid groups (broad SMARTS) is 1. The lowest BCUT2D eigenvalue weighted by Gasteiger charge is -2.11. The van der Waals surface area contributed by atoms with Gasteiger partial charge in [-0.2, -0.15) is 0 Å². The Kier molecular flexibility index (Phi) is 5.95. The van der Waals surface area contributed by atoms with E-state index in [4.69, 9.17) is 16.7 Å². The van der Waals surface area contributed by atoms with Crippen LogP contribution < -0.4 is 0 Å². The van der Waals surface area contributed by atoms with Gasteiger partial charge >= 0.3 is 5.97 Å². The second-order valence-electron chi connectivity index (χ2n) is 3.70. The fourth-order valence-electron chi connectivity index (χ4n) is 1.58. The van der Waals surface area contributed by atoms with Gasteiger partial charge in [0.1, 0.15) is 0 Å². The zero-order valence-electron chi connectivity index (χ0n) is 9.20. The molecule has 2 N–H and O–H groups in total. The molecule has 3 nitrogen and oxygen atoms in total. The van der Waals surface area contributed by atoms with Crippen LogP contribution in [0.15, 0.2) is 18.2 Å². The Morgan fingerprint density at radius 1 is 1.41 bits per heavy atom. The van der Waals surface area contributed by atoms with Gasteiger partial charge in [0.25, 0.3) is 0 Å². The van der Waals surface area contributed by atoms with Crippen LogP contribution in [0.25, 0.3) is 0 Å². The maximum Gasteiger partial charge on any atom is 0.337 e. The first kappa shape index (κ1) is 14.5. The fraction of sp³-hybridized carbons (Fsp3) is 0.417. The molecule has 5 heteroatoms.